The van der Waals surface area contributed by atoms with Crippen molar-refractivity contribution >= 4 is 46.8 Å². The molecule has 11 heteroatoms. The second-order valence-corrected chi connectivity index (χ2v) is 8.57. The summed E-state index contributed by atoms with van der Waals surface area (Å²) in [6.07, 6.45) is 8.90. The zero-order valence-corrected chi connectivity index (χ0v) is 20.3. The number of benzene rings is 1. The van der Waals surface area contributed by atoms with Gasteiger partial charge in [-0.05, 0) is 30.5 Å². The van der Waals surface area contributed by atoms with E-state index in [9.17, 15) is 4.79 Å². The summed E-state index contributed by atoms with van der Waals surface area (Å²) >= 11 is 11.7. The summed E-state index contributed by atoms with van der Waals surface area (Å²) in [5, 5.41) is 14.3. The maximum absolute atomic E-state index is 12.5. The first-order chi connectivity index (χ1) is 16.1. The van der Waals surface area contributed by atoms with Crippen LogP contribution in [0.5, 0.6) is 0 Å². The van der Waals surface area contributed by atoms with Gasteiger partial charge in [0.15, 0.2) is 5.69 Å². The number of anilines is 1. The summed E-state index contributed by atoms with van der Waals surface area (Å²) < 4.78 is 0. The molecule has 2 N–H and O–H groups in total. The van der Waals surface area contributed by atoms with Gasteiger partial charge >= 0.3 is 0 Å². The summed E-state index contributed by atoms with van der Waals surface area (Å²) in [5.41, 5.74) is 4.58. The second kappa shape index (κ2) is 13.2. The zero-order valence-electron chi connectivity index (χ0n) is 18.8. The lowest BCUT2D eigenvalue weighted by atomic mass is 9.95. The second-order valence-electron chi connectivity index (χ2n) is 7.81. The number of H-pyrrole nitrogens is 1. The lowest BCUT2D eigenvalue weighted by Gasteiger charge is -2.27. The largest absolute Gasteiger partial charge is 0.369 e. The third-order valence-corrected chi connectivity index (χ3v) is 5.91. The van der Waals surface area contributed by atoms with Gasteiger partial charge in [-0.2, -0.15) is 5.10 Å². The molecule has 0 atom stereocenters. The minimum Gasteiger partial charge on any atom is -0.369 e. The van der Waals surface area contributed by atoms with Gasteiger partial charge in [-0.3, -0.25) is 9.80 Å². The van der Waals surface area contributed by atoms with Crippen LogP contribution in [0.25, 0.3) is 0 Å². The molecule has 9 nitrogen and oxygen atoms in total. The van der Waals surface area contributed by atoms with E-state index in [1.807, 2.05) is 36.3 Å². The normalized spacial score (nSPS) is 14.8. The minimum absolute atomic E-state index is 0.209. The van der Waals surface area contributed by atoms with E-state index in [0.717, 1.165) is 37.2 Å². The number of hydrogen-bond donors (Lipinski definition) is 2. The highest BCUT2D eigenvalue weighted by Crippen LogP contribution is 2.23. The Bertz CT molecular complexity index is 919. The molecule has 1 aromatic heterocycles. The maximum atomic E-state index is 12.5. The van der Waals surface area contributed by atoms with Crippen molar-refractivity contribution in [3.63, 3.8) is 0 Å². The summed E-state index contributed by atoms with van der Waals surface area (Å²) in [7, 11) is 1.91. The van der Waals surface area contributed by atoms with Crippen molar-refractivity contribution in [2.45, 2.75) is 38.1 Å². The van der Waals surface area contributed by atoms with Gasteiger partial charge in [-0.1, -0.05) is 36.6 Å². The number of nitrogens with one attached hydrogen (secondary N) is 2. The van der Waals surface area contributed by atoms with E-state index in [1.165, 1.54) is 25.6 Å². The molecule has 1 heterocycles. The molecule has 1 aliphatic rings. The van der Waals surface area contributed by atoms with Crippen molar-refractivity contribution in [3.05, 3.63) is 41.9 Å². The van der Waals surface area contributed by atoms with Crippen molar-refractivity contribution in [1.82, 2.24) is 20.4 Å². The van der Waals surface area contributed by atoms with Crippen molar-refractivity contribution in [2.24, 2.45) is 15.4 Å². The standard InChI is InChI=1S/C22H30Cl2N8O/c1-31(18-5-3-2-4-6-18)30-28-21-20(25-16-26-21)22(33)29-27-15-17-7-9-19(10-8-17)32(13-11-23)14-12-24/h7-10,15-16,18H,2-6,11-14H2,1H3,(H,25,26)(H,29,33)/b27-15+,30-28+. The molecular weight excluding hydrogens is 463 g/mol. The molecule has 2 aromatic rings. The molecule has 3 rings (SSSR count). The van der Waals surface area contributed by atoms with E-state index in [2.05, 4.69) is 35.7 Å². The molecule has 0 aliphatic heterocycles. The third kappa shape index (κ3) is 7.43. The van der Waals surface area contributed by atoms with Crippen LogP contribution >= 0.6 is 23.2 Å². The number of alkyl halides is 2. The fraction of sp³-hybridized carbons (Fsp3) is 0.500. The number of halogens is 2. The first-order valence-electron chi connectivity index (χ1n) is 11.1. The fourth-order valence-electron chi connectivity index (χ4n) is 3.74. The number of aromatic amines is 1. The Morgan fingerprint density at radius 1 is 1.18 bits per heavy atom. The summed E-state index contributed by atoms with van der Waals surface area (Å²) in [5.74, 6) is 0.842. The number of aromatic nitrogens is 2. The van der Waals surface area contributed by atoms with E-state index < -0.39 is 5.91 Å². The van der Waals surface area contributed by atoms with Crippen LogP contribution in [-0.4, -0.2) is 65.0 Å². The van der Waals surface area contributed by atoms with Gasteiger partial charge in [0.2, 0.25) is 5.82 Å². The van der Waals surface area contributed by atoms with Crippen molar-refractivity contribution in [1.29, 1.82) is 0 Å². The van der Waals surface area contributed by atoms with Gasteiger partial charge in [-0.15, -0.1) is 28.3 Å². The van der Waals surface area contributed by atoms with Gasteiger partial charge in [0, 0.05) is 43.6 Å². The zero-order chi connectivity index (χ0) is 23.5. The summed E-state index contributed by atoms with van der Waals surface area (Å²) in [4.78, 5) is 21.5. The number of nitrogens with zero attached hydrogens (tertiary/aromatic N) is 6. The highest BCUT2D eigenvalue weighted by molar-refractivity contribution is 6.18. The van der Waals surface area contributed by atoms with Gasteiger partial charge in [0.1, 0.15) is 0 Å². The highest BCUT2D eigenvalue weighted by atomic mass is 35.5. The van der Waals surface area contributed by atoms with Crippen molar-refractivity contribution < 1.29 is 4.79 Å². The molecule has 178 valence electrons. The third-order valence-electron chi connectivity index (χ3n) is 5.58. The lowest BCUT2D eigenvalue weighted by molar-refractivity contribution is 0.0951. The lowest BCUT2D eigenvalue weighted by Crippen LogP contribution is -2.28. The molecule has 1 fully saturated rings. The Labute approximate surface area is 204 Å². The maximum Gasteiger partial charge on any atom is 0.291 e. The SMILES string of the molecule is CN(/N=N/c1nc[nH]c1C(=O)N/N=C/c1ccc(N(CCCl)CCCl)cc1)C1CCCCC1. The van der Waals surface area contributed by atoms with E-state index in [0.29, 0.717) is 17.8 Å². The van der Waals surface area contributed by atoms with Crippen LogP contribution in [0.3, 0.4) is 0 Å². The van der Waals surface area contributed by atoms with Gasteiger partial charge in [-0.25, -0.2) is 10.4 Å². The Morgan fingerprint density at radius 3 is 2.55 bits per heavy atom. The predicted octanol–water partition coefficient (Wildman–Crippen LogP) is 4.72. The fourth-order valence-corrected chi connectivity index (χ4v) is 4.15. The first kappa shape index (κ1) is 25.0. The molecule has 0 unspecified atom stereocenters. The smallest absolute Gasteiger partial charge is 0.291 e. The Morgan fingerprint density at radius 2 is 1.88 bits per heavy atom. The van der Waals surface area contributed by atoms with Gasteiger partial charge in [0.05, 0.1) is 12.5 Å². The number of amides is 1. The average molecular weight is 493 g/mol. The van der Waals surface area contributed by atoms with Crippen LogP contribution in [0.4, 0.5) is 11.5 Å². The summed E-state index contributed by atoms with van der Waals surface area (Å²) in [6.45, 7) is 1.44. The van der Waals surface area contributed by atoms with Crippen LogP contribution < -0.4 is 10.3 Å². The molecular formula is C22H30Cl2N8O. The quantitative estimate of drug-likeness (QED) is 0.205. The first-order valence-corrected chi connectivity index (χ1v) is 12.2. The molecule has 33 heavy (non-hydrogen) atoms. The van der Waals surface area contributed by atoms with Crippen LogP contribution in [0.15, 0.2) is 46.0 Å². The van der Waals surface area contributed by atoms with Crippen molar-refractivity contribution in [2.75, 3.05) is 36.8 Å². The topological polar surface area (TPSA) is 101 Å². The van der Waals surface area contributed by atoms with E-state index in [1.54, 1.807) is 6.21 Å². The van der Waals surface area contributed by atoms with Gasteiger partial charge < -0.3 is 9.88 Å². The molecule has 0 radical (unpaired) electrons. The Hall–Kier alpha value is -2.65. The Kier molecular flexibility index (Phi) is 9.96. The number of rotatable bonds is 11. The van der Waals surface area contributed by atoms with Crippen molar-refractivity contribution in [3.8, 4) is 0 Å². The summed E-state index contributed by atoms with van der Waals surface area (Å²) in [6, 6.07) is 8.15. The van der Waals surface area contributed by atoms with Crippen LogP contribution in [0, 0.1) is 0 Å². The molecule has 0 spiro atoms. The Balaban J connectivity index is 1.55. The predicted molar refractivity (Wildman–Crippen MR) is 133 cm³/mol. The van der Waals surface area contributed by atoms with E-state index in [4.69, 9.17) is 23.2 Å². The number of carbonyl (C=O) groups is 1. The number of hydrogen-bond acceptors (Lipinski definition) is 6. The molecule has 1 amide bonds. The molecule has 1 aromatic carbocycles. The molecule has 1 aliphatic carbocycles. The highest BCUT2D eigenvalue weighted by Gasteiger charge is 2.18. The van der Waals surface area contributed by atoms with E-state index in [-0.39, 0.29) is 11.5 Å². The average Bonchev–Trinajstić information content (AvgIpc) is 3.32. The van der Waals surface area contributed by atoms with Crippen LogP contribution in [0.2, 0.25) is 0 Å². The number of carbonyl (C=O) groups excluding carboxylic acids is 1. The molecule has 0 saturated heterocycles. The number of hydrazone groups is 1. The molecule has 1 saturated carbocycles. The van der Waals surface area contributed by atoms with Crippen LogP contribution in [0.1, 0.15) is 48.2 Å². The monoisotopic (exact) mass is 492 g/mol. The van der Waals surface area contributed by atoms with E-state index >= 15 is 0 Å². The van der Waals surface area contributed by atoms with Crippen LogP contribution in [-0.2, 0) is 0 Å². The minimum atomic E-state index is -0.440. The van der Waals surface area contributed by atoms with Gasteiger partial charge in [0.25, 0.3) is 5.91 Å². The number of imidazole rings is 1. The molecule has 0 bridgehead atoms.